The molecule has 0 atom stereocenters. The summed E-state index contributed by atoms with van der Waals surface area (Å²) in [5.74, 6) is -0.791. The molecular formula is C15H13BrFN3O2. The summed E-state index contributed by atoms with van der Waals surface area (Å²) in [6, 6.07) is 11.9. The molecule has 0 spiro atoms. The van der Waals surface area contributed by atoms with Gasteiger partial charge in [-0.2, -0.15) is 0 Å². The SMILES string of the molecule is O=C(CNC(=O)Nc1cccc(Br)c1)Nc1ccc(F)cc1. The summed E-state index contributed by atoms with van der Waals surface area (Å²) in [5, 5.41) is 7.57. The molecule has 0 aliphatic carbocycles. The number of benzene rings is 2. The van der Waals surface area contributed by atoms with E-state index in [9.17, 15) is 14.0 Å². The van der Waals surface area contributed by atoms with Gasteiger partial charge in [0, 0.05) is 15.8 Å². The molecule has 2 aromatic rings. The molecule has 3 N–H and O–H groups in total. The van der Waals surface area contributed by atoms with Gasteiger partial charge in [0.05, 0.1) is 6.54 Å². The zero-order valence-electron chi connectivity index (χ0n) is 11.4. The van der Waals surface area contributed by atoms with Crippen molar-refractivity contribution in [1.82, 2.24) is 5.32 Å². The van der Waals surface area contributed by atoms with Crippen LogP contribution < -0.4 is 16.0 Å². The molecule has 0 fully saturated rings. The molecule has 7 heteroatoms. The Morgan fingerprint density at radius 2 is 1.73 bits per heavy atom. The summed E-state index contributed by atoms with van der Waals surface area (Å²) >= 11 is 3.29. The lowest BCUT2D eigenvalue weighted by Crippen LogP contribution is -2.35. The van der Waals surface area contributed by atoms with E-state index < -0.39 is 11.9 Å². The molecule has 22 heavy (non-hydrogen) atoms. The molecule has 0 unspecified atom stereocenters. The Bertz CT molecular complexity index is 677. The molecule has 2 rings (SSSR count). The first-order chi connectivity index (χ1) is 10.5. The first-order valence-electron chi connectivity index (χ1n) is 6.39. The maximum atomic E-state index is 12.7. The van der Waals surface area contributed by atoms with E-state index in [0.717, 1.165) is 4.47 Å². The number of carbonyl (C=O) groups is 2. The minimum atomic E-state index is -0.493. The summed E-state index contributed by atoms with van der Waals surface area (Å²) in [4.78, 5) is 23.3. The lowest BCUT2D eigenvalue weighted by atomic mass is 10.3. The third kappa shape index (κ3) is 5.17. The highest BCUT2D eigenvalue weighted by molar-refractivity contribution is 9.10. The van der Waals surface area contributed by atoms with Crippen LogP contribution in [0.1, 0.15) is 0 Å². The van der Waals surface area contributed by atoms with E-state index in [1.54, 1.807) is 18.2 Å². The molecule has 3 amide bonds. The molecule has 0 radical (unpaired) electrons. The van der Waals surface area contributed by atoms with Crippen LogP contribution in [0.25, 0.3) is 0 Å². The van der Waals surface area contributed by atoms with Crippen LogP contribution in [-0.4, -0.2) is 18.5 Å². The third-order valence-corrected chi connectivity index (χ3v) is 3.11. The molecule has 0 aliphatic rings. The molecule has 0 aromatic heterocycles. The van der Waals surface area contributed by atoms with Crippen LogP contribution in [0, 0.1) is 5.82 Å². The van der Waals surface area contributed by atoms with E-state index in [4.69, 9.17) is 0 Å². The number of anilines is 2. The fourth-order valence-corrected chi connectivity index (χ4v) is 2.04. The van der Waals surface area contributed by atoms with Crippen LogP contribution in [0.4, 0.5) is 20.6 Å². The van der Waals surface area contributed by atoms with Crippen LogP contribution in [0.15, 0.2) is 53.0 Å². The van der Waals surface area contributed by atoms with Crippen LogP contribution in [0.3, 0.4) is 0 Å². The standard InChI is InChI=1S/C15H13BrFN3O2/c16-10-2-1-3-13(8-10)20-15(22)18-9-14(21)19-12-6-4-11(17)5-7-12/h1-8H,9H2,(H,19,21)(H2,18,20,22). The van der Waals surface area contributed by atoms with E-state index in [1.165, 1.54) is 24.3 Å². The summed E-state index contributed by atoms with van der Waals surface area (Å²) in [6.45, 7) is -0.197. The van der Waals surface area contributed by atoms with E-state index >= 15 is 0 Å². The zero-order chi connectivity index (χ0) is 15.9. The largest absolute Gasteiger partial charge is 0.329 e. The van der Waals surface area contributed by atoms with Crippen molar-refractivity contribution < 1.29 is 14.0 Å². The Hall–Kier alpha value is -2.41. The number of hydrogen-bond acceptors (Lipinski definition) is 2. The second-order valence-corrected chi connectivity index (χ2v) is 5.29. The highest BCUT2D eigenvalue weighted by atomic mass is 79.9. The number of amides is 3. The van der Waals surface area contributed by atoms with Gasteiger partial charge in [0.15, 0.2) is 0 Å². The molecule has 0 saturated carbocycles. The van der Waals surface area contributed by atoms with Gasteiger partial charge in [0.2, 0.25) is 5.91 Å². The smallest absolute Gasteiger partial charge is 0.319 e. The number of rotatable bonds is 4. The maximum absolute atomic E-state index is 12.7. The number of halogens is 2. The highest BCUT2D eigenvalue weighted by Gasteiger charge is 2.06. The van der Waals surface area contributed by atoms with Crippen molar-refractivity contribution in [2.45, 2.75) is 0 Å². The quantitative estimate of drug-likeness (QED) is 0.777. The Kier molecular flexibility index (Phi) is 5.48. The molecule has 2 aromatic carbocycles. The van der Waals surface area contributed by atoms with Crippen molar-refractivity contribution in [1.29, 1.82) is 0 Å². The summed E-state index contributed by atoms with van der Waals surface area (Å²) in [6.07, 6.45) is 0. The average Bonchev–Trinajstić information content (AvgIpc) is 2.48. The van der Waals surface area contributed by atoms with Crippen LogP contribution in [-0.2, 0) is 4.79 Å². The first-order valence-corrected chi connectivity index (χ1v) is 7.18. The first kappa shape index (κ1) is 16.0. The monoisotopic (exact) mass is 365 g/mol. The number of carbonyl (C=O) groups excluding carboxylic acids is 2. The molecule has 114 valence electrons. The molecule has 0 aliphatic heterocycles. The molecule has 5 nitrogen and oxygen atoms in total. The van der Waals surface area contributed by atoms with Gasteiger partial charge in [-0.25, -0.2) is 9.18 Å². The Morgan fingerprint density at radius 1 is 1.00 bits per heavy atom. The third-order valence-electron chi connectivity index (χ3n) is 2.62. The van der Waals surface area contributed by atoms with Crippen LogP contribution in [0.5, 0.6) is 0 Å². The van der Waals surface area contributed by atoms with Crippen LogP contribution in [0.2, 0.25) is 0 Å². The second-order valence-electron chi connectivity index (χ2n) is 4.37. The zero-order valence-corrected chi connectivity index (χ0v) is 13.0. The highest BCUT2D eigenvalue weighted by Crippen LogP contribution is 2.15. The van der Waals surface area contributed by atoms with Crippen molar-refractivity contribution in [3.8, 4) is 0 Å². The lowest BCUT2D eigenvalue weighted by molar-refractivity contribution is -0.115. The second kappa shape index (κ2) is 7.56. The van der Waals surface area contributed by atoms with Crippen molar-refractivity contribution in [3.63, 3.8) is 0 Å². The van der Waals surface area contributed by atoms with Gasteiger partial charge in [-0.3, -0.25) is 4.79 Å². The van der Waals surface area contributed by atoms with E-state index in [-0.39, 0.29) is 12.4 Å². The fourth-order valence-electron chi connectivity index (χ4n) is 1.64. The van der Waals surface area contributed by atoms with E-state index in [0.29, 0.717) is 11.4 Å². The Morgan fingerprint density at radius 3 is 2.41 bits per heavy atom. The lowest BCUT2D eigenvalue weighted by Gasteiger charge is -2.08. The van der Waals surface area contributed by atoms with Gasteiger partial charge in [-0.1, -0.05) is 22.0 Å². The van der Waals surface area contributed by atoms with Gasteiger partial charge in [-0.05, 0) is 42.5 Å². The Balaban J connectivity index is 1.78. The topological polar surface area (TPSA) is 70.2 Å². The predicted molar refractivity (Wildman–Crippen MR) is 86.2 cm³/mol. The van der Waals surface area contributed by atoms with Crippen molar-refractivity contribution in [2.75, 3.05) is 17.2 Å². The molecule has 0 heterocycles. The van der Waals surface area contributed by atoms with Crippen molar-refractivity contribution >= 4 is 39.2 Å². The van der Waals surface area contributed by atoms with Gasteiger partial charge >= 0.3 is 6.03 Å². The fraction of sp³-hybridized carbons (Fsp3) is 0.0667. The number of urea groups is 1. The molecule has 0 saturated heterocycles. The number of hydrogen-bond donors (Lipinski definition) is 3. The average molecular weight is 366 g/mol. The maximum Gasteiger partial charge on any atom is 0.319 e. The van der Waals surface area contributed by atoms with Gasteiger partial charge in [0.25, 0.3) is 0 Å². The number of nitrogens with one attached hydrogen (secondary N) is 3. The predicted octanol–water partition coefficient (Wildman–Crippen LogP) is 3.35. The van der Waals surface area contributed by atoms with Gasteiger partial charge < -0.3 is 16.0 Å². The minimum Gasteiger partial charge on any atom is -0.329 e. The molecule has 0 bridgehead atoms. The van der Waals surface area contributed by atoms with Crippen molar-refractivity contribution in [3.05, 3.63) is 58.8 Å². The van der Waals surface area contributed by atoms with E-state index in [1.807, 2.05) is 6.07 Å². The minimum absolute atomic E-state index is 0.197. The molecular weight excluding hydrogens is 353 g/mol. The normalized spacial score (nSPS) is 9.91. The Labute approximate surface area is 135 Å². The van der Waals surface area contributed by atoms with Gasteiger partial charge in [-0.15, -0.1) is 0 Å². The van der Waals surface area contributed by atoms with Gasteiger partial charge in [0.1, 0.15) is 5.82 Å². The summed E-state index contributed by atoms with van der Waals surface area (Å²) in [7, 11) is 0. The van der Waals surface area contributed by atoms with Crippen molar-refractivity contribution in [2.24, 2.45) is 0 Å². The summed E-state index contributed by atoms with van der Waals surface area (Å²) < 4.78 is 13.6. The van der Waals surface area contributed by atoms with E-state index in [2.05, 4.69) is 31.9 Å². The van der Waals surface area contributed by atoms with Crippen LogP contribution >= 0.6 is 15.9 Å². The summed E-state index contributed by atoms with van der Waals surface area (Å²) in [5.41, 5.74) is 1.06.